The van der Waals surface area contributed by atoms with Crippen molar-refractivity contribution in [1.29, 1.82) is 0 Å². The third kappa shape index (κ3) is 3.48. The highest BCUT2D eigenvalue weighted by Gasteiger charge is 2.37. The van der Waals surface area contributed by atoms with E-state index in [-0.39, 0.29) is 0 Å². The summed E-state index contributed by atoms with van der Waals surface area (Å²) in [5.74, 6) is 0.827. The molecule has 0 amide bonds. The molecular weight excluding hydrogens is 194 g/mol. The van der Waals surface area contributed by atoms with Crippen LogP contribution < -0.4 is 5.32 Å². The second-order valence-electron chi connectivity index (χ2n) is 6.02. The first-order chi connectivity index (χ1) is 7.64. The average molecular weight is 225 g/mol. The summed E-state index contributed by atoms with van der Waals surface area (Å²) >= 11 is 0. The largest absolute Gasteiger partial charge is 0.313 e. The Morgan fingerprint density at radius 2 is 1.75 bits per heavy atom. The summed E-state index contributed by atoms with van der Waals surface area (Å²) in [6.07, 6.45) is 9.88. The van der Waals surface area contributed by atoms with Gasteiger partial charge in [-0.05, 0) is 37.1 Å². The van der Waals surface area contributed by atoms with Gasteiger partial charge in [-0.25, -0.2) is 0 Å². The molecular formula is C15H31N. The lowest BCUT2D eigenvalue weighted by molar-refractivity contribution is 0.105. The predicted molar refractivity (Wildman–Crippen MR) is 72.7 cm³/mol. The van der Waals surface area contributed by atoms with Crippen LogP contribution in [0.4, 0.5) is 0 Å². The normalized spacial score (nSPS) is 24.0. The third-order valence-electron chi connectivity index (χ3n) is 4.48. The molecule has 0 saturated heterocycles. The standard InChI is InChI=1S/C15H31N/c1-5-10-13(3)14(16-6-2)15(4)11-8-7-9-12-15/h13-14,16H,5-12H2,1-4H3. The highest BCUT2D eigenvalue weighted by Crippen LogP contribution is 2.41. The predicted octanol–water partition coefficient (Wildman–Crippen LogP) is 4.37. The molecule has 0 aromatic carbocycles. The fourth-order valence-corrected chi connectivity index (χ4v) is 3.65. The number of rotatable bonds is 6. The zero-order valence-electron chi connectivity index (χ0n) is 11.8. The Labute approximate surface area is 102 Å². The molecule has 16 heavy (non-hydrogen) atoms. The summed E-state index contributed by atoms with van der Waals surface area (Å²) in [6.45, 7) is 10.6. The van der Waals surface area contributed by atoms with Crippen LogP contribution >= 0.6 is 0 Å². The van der Waals surface area contributed by atoms with E-state index in [9.17, 15) is 0 Å². The van der Waals surface area contributed by atoms with Gasteiger partial charge in [0.25, 0.3) is 0 Å². The van der Waals surface area contributed by atoms with Gasteiger partial charge in [0.2, 0.25) is 0 Å². The molecule has 0 aromatic heterocycles. The Bertz CT molecular complexity index is 182. The average Bonchev–Trinajstić information content (AvgIpc) is 2.27. The Balaban J connectivity index is 2.65. The van der Waals surface area contributed by atoms with E-state index in [2.05, 4.69) is 33.0 Å². The van der Waals surface area contributed by atoms with Crippen LogP contribution in [0.1, 0.15) is 72.6 Å². The van der Waals surface area contributed by atoms with Crippen molar-refractivity contribution >= 4 is 0 Å². The molecule has 0 aromatic rings. The molecule has 1 rings (SSSR count). The summed E-state index contributed by atoms with van der Waals surface area (Å²) in [4.78, 5) is 0. The van der Waals surface area contributed by atoms with Gasteiger partial charge < -0.3 is 5.32 Å². The Hall–Kier alpha value is -0.0400. The molecule has 1 aliphatic rings. The van der Waals surface area contributed by atoms with Crippen LogP contribution in [0.2, 0.25) is 0 Å². The Morgan fingerprint density at radius 3 is 2.25 bits per heavy atom. The summed E-state index contributed by atoms with van der Waals surface area (Å²) in [5, 5.41) is 3.78. The second-order valence-corrected chi connectivity index (χ2v) is 6.02. The van der Waals surface area contributed by atoms with Gasteiger partial charge in [0.05, 0.1) is 0 Å². The fourth-order valence-electron chi connectivity index (χ4n) is 3.65. The van der Waals surface area contributed by atoms with Crippen LogP contribution in [0.25, 0.3) is 0 Å². The molecule has 0 bridgehead atoms. The lowest BCUT2D eigenvalue weighted by Crippen LogP contribution is -2.48. The minimum absolute atomic E-state index is 0.558. The maximum atomic E-state index is 3.78. The van der Waals surface area contributed by atoms with Gasteiger partial charge in [-0.2, -0.15) is 0 Å². The van der Waals surface area contributed by atoms with E-state index in [1.54, 1.807) is 0 Å². The van der Waals surface area contributed by atoms with E-state index in [0.29, 0.717) is 5.41 Å². The molecule has 96 valence electrons. The van der Waals surface area contributed by atoms with Crippen molar-refractivity contribution in [3.63, 3.8) is 0 Å². The van der Waals surface area contributed by atoms with Gasteiger partial charge in [0, 0.05) is 6.04 Å². The van der Waals surface area contributed by atoms with Crippen molar-refractivity contribution in [2.24, 2.45) is 11.3 Å². The van der Waals surface area contributed by atoms with Crippen molar-refractivity contribution in [3.05, 3.63) is 0 Å². The molecule has 0 spiro atoms. The van der Waals surface area contributed by atoms with Crippen molar-refractivity contribution in [3.8, 4) is 0 Å². The first-order valence-electron chi connectivity index (χ1n) is 7.37. The van der Waals surface area contributed by atoms with E-state index >= 15 is 0 Å². The molecule has 1 fully saturated rings. The number of hydrogen-bond donors (Lipinski definition) is 1. The number of hydrogen-bond acceptors (Lipinski definition) is 1. The van der Waals surface area contributed by atoms with Gasteiger partial charge in [-0.3, -0.25) is 0 Å². The zero-order valence-corrected chi connectivity index (χ0v) is 11.8. The molecule has 0 radical (unpaired) electrons. The lowest BCUT2D eigenvalue weighted by Gasteiger charge is -2.44. The van der Waals surface area contributed by atoms with Crippen molar-refractivity contribution in [2.75, 3.05) is 6.54 Å². The van der Waals surface area contributed by atoms with Crippen LogP contribution in [-0.2, 0) is 0 Å². The van der Waals surface area contributed by atoms with E-state index < -0.39 is 0 Å². The molecule has 1 aliphatic carbocycles. The van der Waals surface area contributed by atoms with Gasteiger partial charge in [0.1, 0.15) is 0 Å². The van der Waals surface area contributed by atoms with Crippen LogP contribution in [0.3, 0.4) is 0 Å². The highest BCUT2D eigenvalue weighted by atomic mass is 14.9. The smallest absolute Gasteiger partial charge is 0.0146 e. The molecule has 0 heterocycles. The summed E-state index contributed by atoms with van der Waals surface area (Å²) in [5.41, 5.74) is 0.558. The lowest BCUT2D eigenvalue weighted by atomic mass is 9.66. The van der Waals surface area contributed by atoms with Crippen LogP contribution in [0.15, 0.2) is 0 Å². The number of nitrogens with one attached hydrogen (secondary N) is 1. The maximum absolute atomic E-state index is 3.78. The quantitative estimate of drug-likeness (QED) is 0.708. The topological polar surface area (TPSA) is 12.0 Å². The molecule has 2 unspecified atom stereocenters. The summed E-state index contributed by atoms with van der Waals surface area (Å²) < 4.78 is 0. The molecule has 1 nitrogen and oxygen atoms in total. The molecule has 1 N–H and O–H groups in total. The SMILES string of the molecule is CCCC(C)C(NCC)C1(C)CCCCC1. The molecule has 2 atom stereocenters. The van der Waals surface area contributed by atoms with E-state index in [4.69, 9.17) is 0 Å². The van der Waals surface area contributed by atoms with Crippen molar-refractivity contribution in [2.45, 2.75) is 78.7 Å². The minimum atomic E-state index is 0.558. The van der Waals surface area contributed by atoms with Crippen molar-refractivity contribution in [1.82, 2.24) is 5.32 Å². The van der Waals surface area contributed by atoms with E-state index in [0.717, 1.165) is 18.5 Å². The second kappa shape index (κ2) is 6.64. The van der Waals surface area contributed by atoms with Crippen LogP contribution in [-0.4, -0.2) is 12.6 Å². The fraction of sp³-hybridized carbons (Fsp3) is 1.00. The van der Waals surface area contributed by atoms with Crippen LogP contribution in [0, 0.1) is 11.3 Å². The first-order valence-corrected chi connectivity index (χ1v) is 7.37. The van der Waals surface area contributed by atoms with Gasteiger partial charge >= 0.3 is 0 Å². The first kappa shape index (κ1) is 14.0. The minimum Gasteiger partial charge on any atom is -0.313 e. The Morgan fingerprint density at radius 1 is 1.12 bits per heavy atom. The van der Waals surface area contributed by atoms with E-state index in [1.165, 1.54) is 44.9 Å². The van der Waals surface area contributed by atoms with Crippen molar-refractivity contribution < 1.29 is 0 Å². The van der Waals surface area contributed by atoms with Gasteiger partial charge in [-0.15, -0.1) is 0 Å². The summed E-state index contributed by atoms with van der Waals surface area (Å²) in [7, 11) is 0. The molecule has 0 aliphatic heterocycles. The maximum Gasteiger partial charge on any atom is 0.0146 e. The third-order valence-corrected chi connectivity index (χ3v) is 4.48. The van der Waals surface area contributed by atoms with Gasteiger partial charge in [-0.1, -0.05) is 53.4 Å². The zero-order chi connectivity index (χ0) is 12.0. The highest BCUT2D eigenvalue weighted by molar-refractivity contribution is 4.92. The monoisotopic (exact) mass is 225 g/mol. The van der Waals surface area contributed by atoms with Crippen LogP contribution in [0.5, 0.6) is 0 Å². The Kier molecular flexibility index (Phi) is 5.82. The molecule has 1 heteroatoms. The summed E-state index contributed by atoms with van der Waals surface area (Å²) in [6, 6.07) is 0.734. The van der Waals surface area contributed by atoms with Gasteiger partial charge in [0.15, 0.2) is 0 Å². The van der Waals surface area contributed by atoms with E-state index in [1.807, 2.05) is 0 Å². The molecule has 1 saturated carbocycles.